The minimum Gasteiger partial charge on any atom is -0.353 e. The minimum atomic E-state index is -0.230. The third kappa shape index (κ3) is 5.39. The van der Waals surface area contributed by atoms with E-state index in [-0.39, 0.29) is 17.8 Å². The lowest BCUT2D eigenvalue weighted by molar-refractivity contribution is -0.121. The molecule has 1 aromatic carbocycles. The summed E-state index contributed by atoms with van der Waals surface area (Å²) < 4.78 is 12.8. The maximum Gasteiger partial charge on any atom is 0.221 e. The molecule has 1 fully saturated rings. The summed E-state index contributed by atoms with van der Waals surface area (Å²) in [5.74, 6) is -0.158. The van der Waals surface area contributed by atoms with Crippen molar-refractivity contribution in [3.8, 4) is 0 Å². The van der Waals surface area contributed by atoms with Crippen molar-refractivity contribution in [2.75, 3.05) is 6.54 Å². The second-order valence-corrected chi connectivity index (χ2v) is 5.28. The molecule has 1 aliphatic carbocycles. The van der Waals surface area contributed by atoms with Crippen molar-refractivity contribution in [3.63, 3.8) is 0 Å². The highest BCUT2D eigenvalue weighted by molar-refractivity contribution is 5.76. The largest absolute Gasteiger partial charge is 0.353 e. The quantitative estimate of drug-likeness (QED) is 0.791. The lowest BCUT2D eigenvalue weighted by Crippen LogP contribution is -2.36. The first kappa shape index (κ1) is 14.0. The first-order valence-corrected chi connectivity index (χ1v) is 6.90. The third-order valence-corrected chi connectivity index (χ3v) is 3.22. The topological polar surface area (TPSA) is 41.1 Å². The van der Waals surface area contributed by atoms with Gasteiger partial charge in [-0.25, -0.2) is 4.39 Å². The van der Waals surface area contributed by atoms with Crippen molar-refractivity contribution >= 4 is 5.91 Å². The second kappa shape index (κ2) is 6.66. The Morgan fingerprint density at radius 2 is 2.05 bits per heavy atom. The second-order valence-electron chi connectivity index (χ2n) is 5.28. The van der Waals surface area contributed by atoms with E-state index < -0.39 is 0 Å². The van der Waals surface area contributed by atoms with Gasteiger partial charge in [0.2, 0.25) is 5.91 Å². The van der Waals surface area contributed by atoms with E-state index in [0.29, 0.717) is 12.5 Å². The molecule has 0 saturated heterocycles. The lowest BCUT2D eigenvalue weighted by atomic mass is 10.1. The van der Waals surface area contributed by atoms with E-state index in [1.807, 2.05) is 6.92 Å². The maximum atomic E-state index is 12.8. The fraction of sp³-hybridized carbons (Fsp3) is 0.533. The van der Waals surface area contributed by atoms with Gasteiger partial charge in [-0.2, -0.15) is 0 Å². The zero-order valence-electron chi connectivity index (χ0n) is 11.3. The van der Waals surface area contributed by atoms with Gasteiger partial charge in [-0.05, 0) is 43.9 Å². The monoisotopic (exact) mass is 264 g/mol. The number of carbonyl (C=O) groups excluding carboxylic acids is 1. The zero-order chi connectivity index (χ0) is 13.7. The molecule has 0 aliphatic heterocycles. The standard InChI is InChI=1S/C15H21FN2O/c1-11(10-12-2-4-13(16)5-3-12)18-15(19)8-9-17-14-6-7-14/h2-5,11,14,17H,6-10H2,1H3,(H,18,19). The highest BCUT2D eigenvalue weighted by Crippen LogP contribution is 2.18. The molecular weight excluding hydrogens is 243 g/mol. The van der Waals surface area contributed by atoms with Crippen LogP contribution in [-0.2, 0) is 11.2 Å². The van der Waals surface area contributed by atoms with E-state index in [2.05, 4.69) is 10.6 Å². The van der Waals surface area contributed by atoms with E-state index in [0.717, 1.165) is 18.5 Å². The van der Waals surface area contributed by atoms with Gasteiger partial charge >= 0.3 is 0 Å². The molecule has 0 aromatic heterocycles. The molecule has 1 saturated carbocycles. The van der Waals surface area contributed by atoms with Crippen LogP contribution in [0.3, 0.4) is 0 Å². The molecule has 1 atom stereocenters. The fourth-order valence-corrected chi connectivity index (χ4v) is 2.05. The van der Waals surface area contributed by atoms with Crippen LogP contribution in [0.4, 0.5) is 4.39 Å². The normalized spacial score (nSPS) is 16.1. The molecule has 0 radical (unpaired) electrons. The van der Waals surface area contributed by atoms with Crippen LogP contribution in [0.25, 0.3) is 0 Å². The van der Waals surface area contributed by atoms with Crippen LogP contribution >= 0.6 is 0 Å². The Morgan fingerprint density at radius 3 is 2.68 bits per heavy atom. The number of halogens is 1. The number of carbonyl (C=O) groups is 1. The Balaban J connectivity index is 1.65. The van der Waals surface area contributed by atoms with Crippen LogP contribution in [-0.4, -0.2) is 24.5 Å². The van der Waals surface area contributed by atoms with Gasteiger partial charge in [-0.3, -0.25) is 4.79 Å². The van der Waals surface area contributed by atoms with E-state index in [9.17, 15) is 9.18 Å². The van der Waals surface area contributed by atoms with Crippen molar-refractivity contribution in [2.45, 2.75) is 44.7 Å². The Kier molecular flexibility index (Phi) is 4.91. The number of rotatable bonds is 7. The molecule has 1 aromatic rings. The van der Waals surface area contributed by atoms with Crippen LogP contribution in [0.2, 0.25) is 0 Å². The van der Waals surface area contributed by atoms with Crippen molar-refractivity contribution in [1.29, 1.82) is 0 Å². The summed E-state index contributed by atoms with van der Waals surface area (Å²) in [6.45, 7) is 2.72. The molecular formula is C15H21FN2O. The molecule has 104 valence electrons. The summed E-state index contributed by atoms with van der Waals surface area (Å²) in [7, 11) is 0. The number of nitrogens with one attached hydrogen (secondary N) is 2. The summed E-state index contributed by atoms with van der Waals surface area (Å²) >= 11 is 0. The van der Waals surface area contributed by atoms with Crippen molar-refractivity contribution in [3.05, 3.63) is 35.6 Å². The Hall–Kier alpha value is -1.42. The Labute approximate surface area is 113 Å². The molecule has 0 bridgehead atoms. The molecule has 3 nitrogen and oxygen atoms in total. The van der Waals surface area contributed by atoms with Gasteiger partial charge in [-0.1, -0.05) is 12.1 Å². The SMILES string of the molecule is CC(Cc1ccc(F)cc1)NC(=O)CCNC1CC1. The van der Waals surface area contributed by atoms with Crippen molar-refractivity contribution in [1.82, 2.24) is 10.6 Å². The van der Waals surface area contributed by atoms with Gasteiger partial charge in [0.1, 0.15) is 5.82 Å². The molecule has 1 aliphatic rings. The zero-order valence-corrected chi connectivity index (χ0v) is 11.3. The summed E-state index contributed by atoms with van der Waals surface area (Å²) in [5.41, 5.74) is 1.03. The number of benzene rings is 1. The van der Waals surface area contributed by atoms with E-state index >= 15 is 0 Å². The third-order valence-electron chi connectivity index (χ3n) is 3.22. The number of hydrogen-bond donors (Lipinski definition) is 2. The van der Waals surface area contributed by atoms with Gasteiger partial charge in [0, 0.05) is 25.0 Å². The van der Waals surface area contributed by atoms with Gasteiger partial charge < -0.3 is 10.6 Å². The van der Waals surface area contributed by atoms with Crippen LogP contribution in [0.5, 0.6) is 0 Å². The van der Waals surface area contributed by atoms with E-state index in [1.54, 1.807) is 12.1 Å². The van der Waals surface area contributed by atoms with Crippen LogP contribution in [0.1, 0.15) is 31.7 Å². The summed E-state index contributed by atoms with van der Waals surface area (Å²) in [4.78, 5) is 11.7. The van der Waals surface area contributed by atoms with Crippen molar-refractivity contribution < 1.29 is 9.18 Å². The summed E-state index contributed by atoms with van der Waals surface area (Å²) in [6, 6.07) is 7.12. The maximum absolute atomic E-state index is 12.8. The highest BCUT2D eigenvalue weighted by Gasteiger charge is 2.20. The van der Waals surface area contributed by atoms with Gasteiger partial charge in [0.25, 0.3) is 0 Å². The average molecular weight is 264 g/mol. The molecule has 2 rings (SSSR count). The molecule has 19 heavy (non-hydrogen) atoms. The van der Waals surface area contributed by atoms with Crippen molar-refractivity contribution in [2.24, 2.45) is 0 Å². The van der Waals surface area contributed by atoms with E-state index in [1.165, 1.54) is 25.0 Å². The molecule has 2 N–H and O–H groups in total. The molecule has 0 spiro atoms. The summed E-state index contributed by atoms with van der Waals surface area (Å²) in [6.07, 6.45) is 3.72. The molecule has 1 amide bonds. The van der Waals surface area contributed by atoms with Crippen LogP contribution in [0.15, 0.2) is 24.3 Å². The first-order chi connectivity index (χ1) is 9.13. The number of hydrogen-bond acceptors (Lipinski definition) is 2. The highest BCUT2D eigenvalue weighted by atomic mass is 19.1. The fourth-order valence-electron chi connectivity index (χ4n) is 2.05. The first-order valence-electron chi connectivity index (χ1n) is 6.90. The molecule has 1 unspecified atom stereocenters. The number of amides is 1. The van der Waals surface area contributed by atoms with Crippen LogP contribution in [0, 0.1) is 5.82 Å². The summed E-state index contributed by atoms with van der Waals surface area (Å²) in [5, 5.41) is 6.28. The smallest absolute Gasteiger partial charge is 0.221 e. The van der Waals surface area contributed by atoms with E-state index in [4.69, 9.17) is 0 Å². The van der Waals surface area contributed by atoms with Crippen LogP contribution < -0.4 is 10.6 Å². The van der Waals surface area contributed by atoms with Gasteiger partial charge in [0.05, 0.1) is 0 Å². The molecule has 4 heteroatoms. The molecule has 0 heterocycles. The predicted molar refractivity (Wildman–Crippen MR) is 73.4 cm³/mol. The Morgan fingerprint density at radius 1 is 1.37 bits per heavy atom. The average Bonchev–Trinajstić information content (AvgIpc) is 3.16. The van der Waals surface area contributed by atoms with Gasteiger partial charge in [0.15, 0.2) is 0 Å². The minimum absolute atomic E-state index is 0.0684. The Bertz CT molecular complexity index is 415. The predicted octanol–water partition coefficient (Wildman–Crippen LogP) is 2.01. The lowest BCUT2D eigenvalue weighted by Gasteiger charge is -2.14. The van der Waals surface area contributed by atoms with Gasteiger partial charge in [-0.15, -0.1) is 0 Å².